The maximum absolute atomic E-state index is 13.7. The second kappa shape index (κ2) is 15.5. The van der Waals surface area contributed by atoms with E-state index < -0.39 is 24.3 Å². The summed E-state index contributed by atoms with van der Waals surface area (Å²) in [4.78, 5) is 71.1. The van der Waals surface area contributed by atoms with E-state index >= 15 is 0 Å². The summed E-state index contributed by atoms with van der Waals surface area (Å²) in [6.07, 6.45) is 1.35. The van der Waals surface area contributed by atoms with E-state index in [-0.39, 0.29) is 35.7 Å². The molecule has 6 aromatic rings. The molecule has 5 N–H and O–H groups in total. The van der Waals surface area contributed by atoms with Crippen LogP contribution in [0.4, 0.5) is 9.59 Å². The molecule has 2 unspecified atom stereocenters. The molecule has 0 spiro atoms. The van der Waals surface area contributed by atoms with Crippen LogP contribution in [0.3, 0.4) is 0 Å². The van der Waals surface area contributed by atoms with Crippen molar-refractivity contribution in [3.8, 4) is 22.3 Å². The molecular formula is C41H46N8O6S2. The summed E-state index contributed by atoms with van der Waals surface area (Å²) < 4.78 is 7.17. The fraction of sp³-hybridized carbons (Fsp3) is 0.415. The normalized spacial score (nSPS) is 18.3. The molecule has 0 saturated carbocycles. The van der Waals surface area contributed by atoms with Crippen LogP contribution in [0.25, 0.3) is 53.7 Å². The highest BCUT2D eigenvalue weighted by Crippen LogP contribution is 2.45. The van der Waals surface area contributed by atoms with Gasteiger partial charge in [-0.2, -0.15) is 0 Å². The molecule has 14 nitrogen and oxygen atoms in total. The number of ether oxygens (including phenoxy) is 1. The molecule has 4 amide bonds. The Labute approximate surface area is 337 Å². The Hall–Kier alpha value is -5.48. The average Bonchev–Trinajstić information content (AvgIpc) is 4.03. The number of thiophene rings is 2. The Bertz CT molecular complexity index is 2500. The molecule has 4 atom stereocenters. The summed E-state index contributed by atoms with van der Waals surface area (Å²) in [5.41, 5.74) is 7.83. The van der Waals surface area contributed by atoms with Crippen LogP contribution in [-0.2, 0) is 14.3 Å². The van der Waals surface area contributed by atoms with Crippen molar-refractivity contribution in [2.45, 2.75) is 77.5 Å². The van der Waals surface area contributed by atoms with Crippen LogP contribution in [0, 0.1) is 11.8 Å². The first-order valence-electron chi connectivity index (χ1n) is 19.4. The summed E-state index contributed by atoms with van der Waals surface area (Å²) in [5.74, 6) is 0.778. The molecule has 0 radical (unpaired) electrons. The molecule has 2 aliphatic heterocycles. The molecule has 2 aliphatic rings. The van der Waals surface area contributed by atoms with Gasteiger partial charge in [-0.1, -0.05) is 39.8 Å². The molecule has 8 rings (SSSR count). The maximum atomic E-state index is 13.7. The standard InChI is InChI=1S/C41H46N8O6S2/c1-20(2)32(46-40(52)53)38(50)48-14-6-8-30(48)36-42-26-12-10-22(16-28(26)44-36)24-18-56-35-25(19-57-34(24)35)23-11-13-27-29(17-23)45-37(43-27)31-9-7-15-49(31)39(51)33(21(3)4)47-41(54)55-5/h10-13,16-21,30-33,46H,6-9,14-15H2,1-5H3,(H,42,44)(H,43,45)(H,47,54)(H,52,53)/t30?,31?,32-,33-/m0/s1. The number of H-pyrrole nitrogens is 2. The number of rotatable bonds is 10. The van der Waals surface area contributed by atoms with Gasteiger partial charge in [-0.05, 0) is 72.9 Å². The number of carbonyl (C=O) groups excluding carboxylic acids is 3. The first-order chi connectivity index (χ1) is 27.4. The number of imidazole rings is 2. The number of alkyl carbamates (subject to hydrolysis) is 1. The van der Waals surface area contributed by atoms with E-state index in [1.54, 1.807) is 27.6 Å². The van der Waals surface area contributed by atoms with E-state index in [1.807, 2.05) is 44.7 Å². The fourth-order valence-electron chi connectivity index (χ4n) is 8.26. The van der Waals surface area contributed by atoms with Crippen LogP contribution in [-0.4, -0.2) is 91.1 Å². The highest BCUT2D eigenvalue weighted by atomic mass is 32.1. The minimum absolute atomic E-state index is 0.112. The number of benzene rings is 2. The third-order valence-corrected chi connectivity index (χ3v) is 13.4. The number of likely N-dealkylation sites (tertiary alicyclic amines) is 2. The molecule has 57 heavy (non-hydrogen) atoms. The van der Waals surface area contributed by atoms with Gasteiger partial charge in [-0.25, -0.2) is 19.6 Å². The Morgan fingerprint density at radius 3 is 1.63 bits per heavy atom. The van der Waals surface area contributed by atoms with Crippen LogP contribution in [0.15, 0.2) is 47.2 Å². The van der Waals surface area contributed by atoms with Gasteiger partial charge < -0.3 is 40.2 Å². The molecule has 2 saturated heterocycles. The number of carboxylic acid groups (broad SMARTS) is 1. The number of nitrogens with one attached hydrogen (secondary N) is 4. The number of aromatic amines is 2. The van der Waals surface area contributed by atoms with Gasteiger partial charge in [0.2, 0.25) is 11.8 Å². The quantitative estimate of drug-likeness (QED) is 0.0920. The van der Waals surface area contributed by atoms with E-state index in [0.29, 0.717) is 18.9 Å². The van der Waals surface area contributed by atoms with E-state index in [9.17, 15) is 24.3 Å². The predicted molar refractivity (Wildman–Crippen MR) is 221 cm³/mol. The van der Waals surface area contributed by atoms with Crippen molar-refractivity contribution >= 4 is 78.1 Å². The Balaban J connectivity index is 1.03. The molecule has 0 aliphatic carbocycles. The van der Waals surface area contributed by atoms with Crippen LogP contribution >= 0.6 is 22.7 Å². The molecule has 4 aromatic heterocycles. The molecule has 0 bridgehead atoms. The number of fused-ring (bicyclic) bond motifs is 3. The number of carbonyl (C=O) groups is 4. The van der Waals surface area contributed by atoms with Gasteiger partial charge in [-0.15, -0.1) is 22.7 Å². The zero-order valence-corrected chi connectivity index (χ0v) is 34.1. The third kappa shape index (κ3) is 7.20. The number of hydrogen-bond acceptors (Lipinski definition) is 9. The molecule has 16 heteroatoms. The van der Waals surface area contributed by atoms with Crippen molar-refractivity contribution in [1.82, 2.24) is 40.4 Å². The minimum atomic E-state index is -1.21. The lowest BCUT2D eigenvalue weighted by Gasteiger charge is -2.29. The van der Waals surface area contributed by atoms with E-state index in [4.69, 9.17) is 14.7 Å². The van der Waals surface area contributed by atoms with E-state index in [2.05, 4.69) is 55.6 Å². The summed E-state index contributed by atoms with van der Waals surface area (Å²) in [6, 6.07) is 10.5. The summed E-state index contributed by atoms with van der Waals surface area (Å²) in [6.45, 7) is 8.63. The van der Waals surface area contributed by atoms with E-state index in [1.165, 1.54) is 16.5 Å². The van der Waals surface area contributed by atoms with Crippen LogP contribution < -0.4 is 10.6 Å². The fourth-order valence-corrected chi connectivity index (χ4v) is 10.7. The van der Waals surface area contributed by atoms with E-state index in [0.717, 1.165) is 75.8 Å². The summed E-state index contributed by atoms with van der Waals surface area (Å²) in [5, 5.41) is 18.9. The van der Waals surface area contributed by atoms with Crippen molar-refractivity contribution < 1.29 is 29.0 Å². The van der Waals surface area contributed by atoms with Gasteiger partial charge in [0.25, 0.3) is 0 Å². The zero-order valence-electron chi connectivity index (χ0n) is 32.4. The first-order valence-corrected chi connectivity index (χ1v) is 21.1. The van der Waals surface area contributed by atoms with Crippen molar-refractivity contribution in [3.63, 3.8) is 0 Å². The molecule has 298 valence electrons. The Morgan fingerprint density at radius 1 is 0.754 bits per heavy atom. The number of aromatic nitrogens is 4. The van der Waals surface area contributed by atoms with Gasteiger partial charge >= 0.3 is 12.2 Å². The number of nitrogens with zero attached hydrogens (tertiary/aromatic N) is 4. The van der Waals surface area contributed by atoms with Crippen molar-refractivity contribution in [3.05, 3.63) is 58.8 Å². The monoisotopic (exact) mass is 810 g/mol. The zero-order chi connectivity index (χ0) is 40.1. The predicted octanol–water partition coefficient (Wildman–Crippen LogP) is 8.05. The lowest BCUT2D eigenvalue weighted by atomic mass is 10.0. The van der Waals surface area contributed by atoms with Gasteiger partial charge in [0, 0.05) is 35.0 Å². The highest BCUT2D eigenvalue weighted by molar-refractivity contribution is 7.27. The molecular weight excluding hydrogens is 765 g/mol. The largest absolute Gasteiger partial charge is 0.465 e. The highest BCUT2D eigenvalue weighted by Gasteiger charge is 2.39. The number of methoxy groups -OCH3 is 1. The average molecular weight is 811 g/mol. The Morgan fingerprint density at radius 2 is 1.21 bits per heavy atom. The summed E-state index contributed by atoms with van der Waals surface area (Å²) >= 11 is 3.42. The molecule has 6 heterocycles. The van der Waals surface area contributed by atoms with Gasteiger partial charge in [0.15, 0.2) is 0 Å². The lowest BCUT2D eigenvalue weighted by Crippen LogP contribution is -2.51. The second-order valence-corrected chi connectivity index (χ2v) is 17.3. The van der Waals surface area contributed by atoms with Crippen LogP contribution in [0.2, 0.25) is 0 Å². The summed E-state index contributed by atoms with van der Waals surface area (Å²) in [7, 11) is 1.29. The van der Waals surface area contributed by atoms with Crippen LogP contribution in [0.1, 0.15) is 77.1 Å². The number of hydrogen-bond donors (Lipinski definition) is 5. The maximum Gasteiger partial charge on any atom is 0.407 e. The van der Waals surface area contributed by atoms with Crippen molar-refractivity contribution in [2.24, 2.45) is 11.8 Å². The van der Waals surface area contributed by atoms with Gasteiger partial charge in [-0.3, -0.25) is 9.59 Å². The van der Waals surface area contributed by atoms with Gasteiger partial charge in [0.1, 0.15) is 23.7 Å². The third-order valence-electron chi connectivity index (χ3n) is 11.2. The van der Waals surface area contributed by atoms with Crippen LogP contribution in [0.5, 0.6) is 0 Å². The van der Waals surface area contributed by atoms with Gasteiger partial charge in [0.05, 0.1) is 50.7 Å². The molecule has 2 fully saturated rings. The lowest BCUT2D eigenvalue weighted by molar-refractivity contribution is -0.136. The SMILES string of the molecule is COC(=O)N[C@H](C(=O)N1CCCC1c1nc2ccc(-c3csc4c(-c5ccc6nc(C7CCCN7C(=O)[C@@H](NC(=O)O)C(C)C)[nH]c6c5)csc34)cc2[nH]1)C(C)C. The smallest absolute Gasteiger partial charge is 0.407 e. The molecule has 2 aromatic carbocycles. The number of amides is 4. The minimum Gasteiger partial charge on any atom is -0.465 e. The van der Waals surface area contributed by atoms with Crippen molar-refractivity contribution in [2.75, 3.05) is 20.2 Å². The first kappa shape index (κ1) is 38.4. The van der Waals surface area contributed by atoms with Crippen molar-refractivity contribution in [1.29, 1.82) is 0 Å². The Kier molecular flexibility index (Phi) is 10.4. The topological polar surface area (TPSA) is 186 Å². The second-order valence-electron chi connectivity index (χ2n) is 15.6.